The first-order valence-corrected chi connectivity index (χ1v) is 8.24. The zero-order valence-corrected chi connectivity index (χ0v) is 12.4. The summed E-state index contributed by atoms with van der Waals surface area (Å²) in [4.78, 5) is 6.24. The fourth-order valence-corrected chi connectivity index (χ4v) is 4.64. The number of fused-ring (bicyclic) bond motifs is 2. The Morgan fingerprint density at radius 3 is 3.21 bits per heavy atom. The zero-order valence-electron chi connectivity index (χ0n) is 10.0. The zero-order chi connectivity index (χ0) is 12.8. The minimum Gasteiger partial charge on any atom is -0.304 e. The van der Waals surface area contributed by atoms with Gasteiger partial charge in [0.05, 0.1) is 16.3 Å². The highest BCUT2D eigenvalue weighted by atomic mass is 35.5. The molecule has 0 saturated heterocycles. The van der Waals surface area contributed by atoms with Crippen LogP contribution in [0.25, 0.3) is 10.2 Å². The molecule has 0 amide bonds. The van der Waals surface area contributed by atoms with Crippen LogP contribution in [0, 0.1) is 0 Å². The van der Waals surface area contributed by atoms with Crippen LogP contribution in [0.15, 0.2) is 29.6 Å². The van der Waals surface area contributed by atoms with Crippen LogP contribution in [0.1, 0.15) is 21.5 Å². The molecule has 0 saturated carbocycles. The highest BCUT2D eigenvalue weighted by Crippen LogP contribution is 2.36. The summed E-state index contributed by atoms with van der Waals surface area (Å²) in [5, 5.41) is 7.63. The van der Waals surface area contributed by atoms with Gasteiger partial charge in [-0.05, 0) is 41.6 Å². The highest BCUT2D eigenvalue weighted by molar-refractivity contribution is 7.18. The maximum atomic E-state index is 6.03. The van der Waals surface area contributed by atoms with Crippen LogP contribution in [0.2, 0.25) is 5.02 Å². The monoisotopic (exact) mass is 306 g/mol. The fourth-order valence-electron chi connectivity index (χ4n) is 2.51. The van der Waals surface area contributed by atoms with Gasteiger partial charge in [0, 0.05) is 16.4 Å². The SMILES string of the molecule is Clc1ccc2sc(C3NCCc4sccc43)nc2c1. The second-order valence-corrected chi connectivity index (χ2v) is 7.10. The maximum absolute atomic E-state index is 6.03. The van der Waals surface area contributed by atoms with Crippen molar-refractivity contribution in [1.29, 1.82) is 0 Å². The molecule has 2 aromatic heterocycles. The van der Waals surface area contributed by atoms with Gasteiger partial charge >= 0.3 is 0 Å². The predicted octanol–water partition coefficient (Wildman–Crippen LogP) is 4.25. The number of hydrogen-bond acceptors (Lipinski definition) is 4. The Balaban J connectivity index is 1.83. The van der Waals surface area contributed by atoms with E-state index in [4.69, 9.17) is 16.6 Å². The van der Waals surface area contributed by atoms with Gasteiger partial charge in [-0.2, -0.15) is 0 Å². The van der Waals surface area contributed by atoms with Crippen molar-refractivity contribution in [1.82, 2.24) is 10.3 Å². The van der Waals surface area contributed by atoms with E-state index in [1.54, 1.807) is 11.3 Å². The molecule has 4 rings (SSSR count). The molecule has 5 heteroatoms. The van der Waals surface area contributed by atoms with Gasteiger partial charge in [-0.1, -0.05) is 11.6 Å². The van der Waals surface area contributed by atoms with Crippen molar-refractivity contribution in [2.75, 3.05) is 6.54 Å². The van der Waals surface area contributed by atoms with E-state index >= 15 is 0 Å². The van der Waals surface area contributed by atoms with E-state index in [9.17, 15) is 0 Å². The summed E-state index contributed by atoms with van der Waals surface area (Å²) in [6.07, 6.45) is 1.13. The van der Waals surface area contributed by atoms with Crippen molar-refractivity contribution >= 4 is 44.5 Å². The van der Waals surface area contributed by atoms with Gasteiger partial charge in [0.25, 0.3) is 0 Å². The molecule has 0 aliphatic carbocycles. The standard InChI is InChI=1S/C14H11ClN2S2/c15-8-1-2-12-10(7-8)17-14(19-12)13-9-4-6-18-11(9)3-5-16-13/h1-2,4,6-7,13,16H,3,5H2. The Labute approximate surface area is 124 Å². The Kier molecular flexibility index (Phi) is 2.84. The quantitative estimate of drug-likeness (QED) is 0.727. The van der Waals surface area contributed by atoms with Crippen LogP contribution < -0.4 is 5.32 Å². The summed E-state index contributed by atoms with van der Waals surface area (Å²) in [6, 6.07) is 8.38. The predicted molar refractivity (Wildman–Crippen MR) is 82.5 cm³/mol. The van der Waals surface area contributed by atoms with Gasteiger partial charge in [0.1, 0.15) is 5.01 Å². The van der Waals surface area contributed by atoms with Crippen molar-refractivity contribution in [3.05, 3.63) is 50.1 Å². The number of nitrogens with one attached hydrogen (secondary N) is 1. The third-order valence-electron chi connectivity index (χ3n) is 3.40. The van der Waals surface area contributed by atoms with Crippen LogP contribution in [0.3, 0.4) is 0 Å². The molecule has 1 aromatic carbocycles. The molecule has 2 nitrogen and oxygen atoms in total. The summed E-state index contributed by atoms with van der Waals surface area (Å²) in [7, 11) is 0. The van der Waals surface area contributed by atoms with E-state index in [0.29, 0.717) is 0 Å². The summed E-state index contributed by atoms with van der Waals surface area (Å²) < 4.78 is 1.20. The van der Waals surface area contributed by atoms with Crippen LogP contribution in [0.4, 0.5) is 0 Å². The van der Waals surface area contributed by atoms with Gasteiger partial charge in [0.2, 0.25) is 0 Å². The van der Waals surface area contributed by atoms with Crippen molar-refractivity contribution in [3.8, 4) is 0 Å². The normalized spacial score (nSPS) is 18.7. The molecule has 1 N–H and O–H groups in total. The molecular weight excluding hydrogens is 296 g/mol. The number of halogens is 1. The summed E-state index contributed by atoms with van der Waals surface area (Å²) in [6.45, 7) is 1.02. The molecule has 0 fully saturated rings. The minimum absolute atomic E-state index is 0.242. The lowest BCUT2D eigenvalue weighted by molar-refractivity contribution is 0.573. The molecule has 3 heterocycles. The van der Waals surface area contributed by atoms with E-state index in [0.717, 1.165) is 28.5 Å². The van der Waals surface area contributed by atoms with Gasteiger partial charge < -0.3 is 5.32 Å². The lowest BCUT2D eigenvalue weighted by Crippen LogP contribution is -2.29. The maximum Gasteiger partial charge on any atom is 0.115 e. The smallest absolute Gasteiger partial charge is 0.115 e. The van der Waals surface area contributed by atoms with Gasteiger partial charge in [-0.3, -0.25) is 0 Å². The largest absolute Gasteiger partial charge is 0.304 e. The van der Waals surface area contributed by atoms with Crippen molar-refractivity contribution in [2.45, 2.75) is 12.5 Å². The number of thiophene rings is 1. The third kappa shape index (κ3) is 1.99. The molecule has 96 valence electrons. The second-order valence-electron chi connectivity index (χ2n) is 4.60. The van der Waals surface area contributed by atoms with Crippen LogP contribution in [0.5, 0.6) is 0 Å². The number of benzene rings is 1. The molecule has 1 aliphatic heterocycles. The average molecular weight is 307 g/mol. The van der Waals surface area contributed by atoms with Crippen molar-refractivity contribution in [3.63, 3.8) is 0 Å². The van der Waals surface area contributed by atoms with Gasteiger partial charge in [-0.15, -0.1) is 22.7 Å². The Morgan fingerprint density at radius 1 is 1.32 bits per heavy atom. The Morgan fingerprint density at radius 2 is 2.26 bits per heavy atom. The lowest BCUT2D eigenvalue weighted by atomic mass is 10.0. The number of hydrogen-bond donors (Lipinski definition) is 1. The molecule has 19 heavy (non-hydrogen) atoms. The second kappa shape index (κ2) is 4.56. The summed E-state index contributed by atoms with van der Waals surface area (Å²) in [5.41, 5.74) is 2.39. The molecule has 0 radical (unpaired) electrons. The molecular formula is C14H11ClN2S2. The third-order valence-corrected chi connectivity index (χ3v) is 5.74. The number of thiazole rings is 1. The van der Waals surface area contributed by atoms with Crippen LogP contribution in [-0.2, 0) is 6.42 Å². The van der Waals surface area contributed by atoms with Crippen LogP contribution >= 0.6 is 34.3 Å². The lowest BCUT2D eigenvalue weighted by Gasteiger charge is -2.22. The average Bonchev–Trinajstić information content (AvgIpc) is 3.03. The first-order chi connectivity index (χ1) is 9.31. The summed E-state index contributed by atoms with van der Waals surface area (Å²) in [5.74, 6) is 0. The van der Waals surface area contributed by atoms with E-state index in [2.05, 4.69) is 22.8 Å². The number of nitrogens with zero attached hydrogens (tertiary/aromatic N) is 1. The molecule has 1 atom stereocenters. The number of rotatable bonds is 1. The molecule has 0 bridgehead atoms. The van der Waals surface area contributed by atoms with Crippen molar-refractivity contribution < 1.29 is 0 Å². The fraction of sp³-hybridized carbons (Fsp3) is 0.214. The van der Waals surface area contributed by atoms with E-state index in [1.807, 2.05) is 23.5 Å². The topological polar surface area (TPSA) is 24.9 Å². The van der Waals surface area contributed by atoms with Gasteiger partial charge in [0.15, 0.2) is 0 Å². The molecule has 0 spiro atoms. The Hall–Kier alpha value is -0.940. The van der Waals surface area contributed by atoms with E-state index < -0.39 is 0 Å². The van der Waals surface area contributed by atoms with Crippen molar-refractivity contribution in [2.24, 2.45) is 0 Å². The van der Waals surface area contributed by atoms with E-state index in [-0.39, 0.29) is 6.04 Å². The molecule has 1 aliphatic rings. The summed E-state index contributed by atoms with van der Waals surface area (Å²) >= 11 is 9.63. The van der Waals surface area contributed by atoms with Crippen LogP contribution in [-0.4, -0.2) is 11.5 Å². The first kappa shape index (κ1) is 11.9. The molecule has 1 unspecified atom stereocenters. The van der Waals surface area contributed by atoms with E-state index in [1.165, 1.54) is 15.1 Å². The first-order valence-electron chi connectivity index (χ1n) is 6.17. The Bertz CT molecular complexity index is 747. The molecule has 3 aromatic rings. The minimum atomic E-state index is 0.242. The highest BCUT2D eigenvalue weighted by Gasteiger charge is 2.24. The van der Waals surface area contributed by atoms with Gasteiger partial charge in [-0.25, -0.2) is 4.98 Å². The number of aromatic nitrogens is 1.